The number of hydrogen-bond donors (Lipinski definition) is 2. The Kier molecular flexibility index (Phi) is 4.63. The molecule has 0 aliphatic carbocycles. The zero-order chi connectivity index (χ0) is 19.5. The van der Waals surface area contributed by atoms with E-state index in [1.54, 1.807) is 18.5 Å². The third kappa shape index (κ3) is 3.50. The number of aromatic nitrogens is 3. The minimum atomic E-state index is -0.908. The second kappa shape index (κ2) is 7.40. The molecule has 2 amide bonds. The summed E-state index contributed by atoms with van der Waals surface area (Å²) in [6, 6.07) is 15.5. The predicted molar refractivity (Wildman–Crippen MR) is 105 cm³/mol. The van der Waals surface area contributed by atoms with Crippen molar-refractivity contribution in [2.45, 2.75) is 12.5 Å². The van der Waals surface area contributed by atoms with Crippen LogP contribution in [-0.4, -0.2) is 32.8 Å². The molecule has 4 rings (SSSR count). The van der Waals surface area contributed by atoms with Crippen LogP contribution in [0.2, 0.25) is 0 Å². The van der Waals surface area contributed by atoms with Crippen molar-refractivity contribution in [3.8, 4) is 0 Å². The lowest BCUT2D eigenvalue weighted by atomic mass is 10.1. The van der Waals surface area contributed by atoms with Crippen LogP contribution in [0.5, 0.6) is 0 Å². The molecule has 0 bridgehead atoms. The van der Waals surface area contributed by atoms with Crippen LogP contribution in [0.3, 0.4) is 0 Å². The molecule has 0 aliphatic heterocycles. The number of pyridine rings is 1. The third-order valence-corrected chi connectivity index (χ3v) is 4.45. The molecule has 0 aliphatic rings. The van der Waals surface area contributed by atoms with Crippen molar-refractivity contribution < 1.29 is 9.59 Å². The number of nitrogens with zero attached hydrogens (tertiary/aromatic N) is 3. The van der Waals surface area contributed by atoms with Crippen molar-refractivity contribution in [1.82, 2.24) is 20.3 Å². The van der Waals surface area contributed by atoms with Gasteiger partial charge in [0.15, 0.2) is 0 Å². The van der Waals surface area contributed by atoms with E-state index in [0.717, 1.165) is 11.0 Å². The first-order chi connectivity index (χ1) is 13.6. The summed E-state index contributed by atoms with van der Waals surface area (Å²) in [6.07, 6.45) is 3.31. The Morgan fingerprint density at radius 2 is 1.64 bits per heavy atom. The molecule has 28 heavy (non-hydrogen) atoms. The number of fused-ring (bicyclic) bond motifs is 2. The van der Waals surface area contributed by atoms with Crippen LogP contribution in [-0.2, 0) is 11.2 Å². The highest BCUT2D eigenvalue weighted by molar-refractivity contribution is 6.07. The number of carbonyl (C=O) groups is 2. The van der Waals surface area contributed by atoms with Gasteiger partial charge < -0.3 is 11.1 Å². The van der Waals surface area contributed by atoms with Crippen LogP contribution < -0.4 is 11.1 Å². The molecule has 1 atom stereocenters. The molecule has 0 saturated heterocycles. The summed E-state index contributed by atoms with van der Waals surface area (Å²) in [5.41, 5.74) is 8.70. The number of primary amides is 1. The molecular weight excluding hydrogens is 354 g/mol. The molecule has 2 heterocycles. The number of nitrogens with two attached hydrogens (primary N) is 1. The zero-order valence-electron chi connectivity index (χ0n) is 14.9. The smallest absolute Gasteiger partial charge is 0.252 e. The van der Waals surface area contributed by atoms with Crippen LogP contribution in [0.1, 0.15) is 16.1 Å². The SMILES string of the molecule is NC(=O)[C@H](Cc1cnc2ccccc2n1)NC(=O)c1ccnc2ccccc12. The van der Waals surface area contributed by atoms with Gasteiger partial charge in [0.05, 0.1) is 27.8 Å². The van der Waals surface area contributed by atoms with Gasteiger partial charge in [-0.15, -0.1) is 0 Å². The van der Waals surface area contributed by atoms with Crippen molar-refractivity contribution >= 4 is 33.8 Å². The van der Waals surface area contributed by atoms with Gasteiger partial charge in [0.1, 0.15) is 6.04 Å². The molecular formula is C21H17N5O2. The van der Waals surface area contributed by atoms with Gasteiger partial charge in [0.2, 0.25) is 5.91 Å². The minimum Gasteiger partial charge on any atom is -0.368 e. The van der Waals surface area contributed by atoms with Gasteiger partial charge in [-0.3, -0.25) is 19.6 Å². The summed E-state index contributed by atoms with van der Waals surface area (Å²) in [4.78, 5) is 37.8. The first-order valence-electron chi connectivity index (χ1n) is 8.76. The number of para-hydroxylation sites is 3. The van der Waals surface area contributed by atoms with Crippen molar-refractivity contribution in [3.63, 3.8) is 0 Å². The summed E-state index contributed by atoms with van der Waals surface area (Å²) in [5, 5.41) is 3.42. The molecule has 0 fully saturated rings. The monoisotopic (exact) mass is 371 g/mol. The van der Waals surface area contributed by atoms with Crippen molar-refractivity contribution in [2.24, 2.45) is 5.73 Å². The van der Waals surface area contributed by atoms with Crippen molar-refractivity contribution in [1.29, 1.82) is 0 Å². The lowest BCUT2D eigenvalue weighted by Gasteiger charge is -2.16. The summed E-state index contributed by atoms with van der Waals surface area (Å²) in [7, 11) is 0. The molecule has 2 aromatic heterocycles. The Morgan fingerprint density at radius 3 is 2.43 bits per heavy atom. The maximum Gasteiger partial charge on any atom is 0.252 e. The van der Waals surface area contributed by atoms with E-state index in [0.29, 0.717) is 22.2 Å². The van der Waals surface area contributed by atoms with Gasteiger partial charge in [-0.05, 0) is 24.3 Å². The van der Waals surface area contributed by atoms with Gasteiger partial charge in [-0.2, -0.15) is 0 Å². The van der Waals surface area contributed by atoms with Crippen molar-refractivity contribution in [3.05, 3.63) is 78.2 Å². The topological polar surface area (TPSA) is 111 Å². The van der Waals surface area contributed by atoms with E-state index < -0.39 is 17.9 Å². The molecule has 7 nitrogen and oxygen atoms in total. The molecule has 2 aromatic carbocycles. The Labute approximate surface area is 160 Å². The first kappa shape index (κ1) is 17.5. The number of nitrogens with one attached hydrogen (secondary N) is 1. The van der Waals surface area contributed by atoms with Crippen LogP contribution in [0, 0.1) is 0 Å². The maximum atomic E-state index is 12.8. The highest BCUT2D eigenvalue weighted by Gasteiger charge is 2.21. The fourth-order valence-electron chi connectivity index (χ4n) is 3.06. The Hall–Kier alpha value is -3.87. The Morgan fingerprint density at radius 1 is 0.929 bits per heavy atom. The fraction of sp³-hybridized carbons (Fsp3) is 0.0952. The van der Waals surface area contributed by atoms with E-state index in [4.69, 9.17) is 5.73 Å². The van der Waals surface area contributed by atoms with Crippen molar-refractivity contribution in [2.75, 3.05) is 0 Å². The van der Waals surface area contributed by atoms with Gasteiger partial charge in [-0.25, -0.2) is 4.98 Å². The molecule has 4 aromatic rings. The van der Waals surface area contributed by atoms with E-state index in [-0.39, 0.29) is 6.42 Å². The molecule has 0 saturated carbocycles. The van der Waals surface area contributed by atoms with Gasteiger partial charge in [0, 0.05) is 24.2 Å². The molecule has 0 spiro atoms. The quantitative estimate of drug-likeness (QED) is 0.557. The molecule has 3 N–H and O–H groups in total. The largest absolute Gasteiger partial charge is 0.368 e. The van der Waals surface area contributed by atoms with E-state index in [1.165, 1.54) is 0 Å². The second-order valence-electron chi connectivity index (χ2n) is 6.36. The van der Waals surface area contributed by atoms with E-state index >= 15 is 0 Å². The predicted octanol–water partition coefficient (Wildman–Crippen LogP) is 2.00. The molecule has 0 radical (unpaired) electrons. The highest BCUT2D eigenvalue weighted by atomic mass is 16.2. The maximum absolute atomic E-state index is 12.8. The number of amides is 2. The average Bonchev–Trinajstić information content (AvgIpc) is 2.72. The molecule has 0 unspecified atom stereocenters. The first-order valence-corrected chi connectivity index (χ1v) is 8.76. The van der Waals surface area contributed by atoms with E-state index in [2.05, 4.69) is 20.3 Å². The second-order valence-corrected chi connectivity index (χ2v) is 6.36. The fourth-order valence-corrected chi connectivity index (χ4v) is 3.06. The van der Waals surface area contributed by atoms with Crippen LogP contribution >= 0.6 is 0 Å². The Balaban J connectivity index is 1.59. The van der Waals surface area contributed by atoms with Gasteiger partial charge in [0.25, 0.3) is 5.91 Å². The average molecular weight is 371 g/mol. The number of benzene rings is 2. The number of rotatable bonds is 5. The van der Waals surface area contributed by atoms with Crippen LogP contribution in [0.15, 0.2) is 67.0 Å². The minimum absolute atomic E-state index is 0.155. The number of hydrogen-bond acceptors (Lipinski definition) is 5. The van der Waals surface area contributed by atoms with Crippen LogP contribution in [0.25, 0.3) is 21.9 Å². The van der Waals surface area contributed by atoms with E-state index in [1.807, 2.05) is 48.5 Å². The molecule has 138 valence electrons. The summed E-state index contributed by atoms with van der Waals surface area (Å²) in [5.74, 6) is -1.03. The normalized spacial score (nSPS) is 12.0. The van der Waals surface area contributed by atoms with Gasteiger partial charge >= 0.3 is 0 Å². The Bertz CT molecular complexity index is 1190. The lowest BCUT2D eigenvalue weighted by molar-refractivity contribution is -0.119. The summed E-state index contributed by atoms with van der Waals surface area (Å²) in [6.45, 7) is 0. The van der Waals surface area contributed by atoms with Crippen LogP contribution in [0.4, 0.5) is 0 Å². The summed E-state index contributed by atoms with van der Waals surface area (Å²) >= 11 is 0. The third-order valence-electron chi connectivity index (χ3n) is 4.45. The summed E-state index contributed by atoms with van der Waals surface area (Å²) < 4.78 is 0. The van der Waals surface area contributed by atoms with Gasteiger partial charge in [-0.1, -0.05) is 30.3 Å². The zero-order valence-corrected chi connectivity index (χ0v) is 14.9. The standard InChI is InChI=1S/C21H17N5O2/c22-20(27)19(11-13-12-24-17-7-3-4-8-18(17)25-13)26-21(28)15-9-10-23-16-6-2-1-5-14(15)16/h1-10,12,19H,11H2,(H2,22,27)(H,26,28)/t19-/m0/s1. The van der Waals surface area contributed by atoms with E-state index in [9.17, 15) is 9.59 Å². The number of carbonyl (C=O) groups excluding carboxylic acids is 2. The molecule has 7 heteroatoms. The highest BCUT2D eigenvalue weighted by Crippen LogP contribution is 2.16. The lowest BCUT2D eigenvalue weighted by Crippen LogP contribution is -2.46.